The molecule has 0 unspecified atom stereocenters. The molecule has 0 bridgehead atoms. The van der Waals surface area contributed by atoms with E-state index in [-0.39, 0.29) is 17.3 Å². The Balaban J connectivity index is 1.60. The van der Waals surface area contributed by atoms with Crippen LogP contribution in [0, 0.1) is 0 Å². The molecule has 5 nitrogen and oxygen atoms in total. The molecule has 2 aromatic rings. The SMILES string of the molecule is CSc1ccc(S(=O)(=O)NCCSCc2ccc(Cl)c(Cl)c2)cc1C(=O)N1CCCCC1. The van der Waals surface area contributed by atoms with Crippen molar-refractivity contribution in [3.63, 3.8) is 0 Å². The number of rotatable bonds is 9. The summed E-state index contributed by atoms with van der Waals surface area (Å²) in [6.07, 6.45) is 4.99. The van der Waals surface area contributed by atoms with Crippen molar-refractivity contribution in [2.24, 2.45) is 0 Å². The third-order valence-corrected chi connectivity index (χ3v) is 9.17. The number of hydrogen-bond donors (Lipinski definition) is 1. The maximum Gasteiger partial charge on any atom is 0.255 e. The Labute approximate surface area is 208 Å². The van der Waals surface area contributed by atoms with E-state index in [0.717, 1.165) is 42.8 Å². The van der Waals surface area contributed by atoms with Gasteiger partial charge in [0, 0.05) is 36.0 Å². The molecule has 3 rings (SSSR count). The molecular formula is C22H26Cl2N2O3S3. The number of thioether (sulfide) groups is 2. The van der Waals surface area contributed by atoms with Crippen LogP contribution in [-0.4, -0.2) is 50.9 Å². The molecule has 1 fully saturated rings. The Morgan fingerprint density at radius 1 is 1.06 bits per heavy atom. The van der Waals surface area contributed by atoms with Gasteiger partial charge in [-0.1, -0.05) is 29.3 Å². The molecule has 0 aromatic heterocycles. The second-order valence-corrected chi connectivity index (χ2v) is 11.9. The Kier molecular flexibility index (Phi) is 9.64. The molecule has 1 saturated heterocycles. The van der Waals surface area contributed by atoms with E-state index in [1.807, 2.05) is 23.3 Å². The minimum absolute atomic E-state index is 0.0942. The van der Waals surface area contributed by atoms with E-state index in [1.165, 1.54) is 17.8 Å². The third kappa shape index (κ3) is 6.81. The van der Waals surface area contributed by atoms with Gasteiger partial charge in [-0.25, -0.2) is 13.1 Å². The van der Waals surface area contributed by atoms with Gasteiger partial charge in [0.05, 0.1) is 20.5 Å². The molecule has 32 heavy (non-hydrogen) atoms. The first-order valence-electron chi connectivity index (χ1n) is 10.3. The van der Waals surface area contributed by atoms with E-state index in [2.05, 4.69) is 4.72 Å². The van der Waals surface area contributed by atoms with Crippen molar-refractivity contribution in [3.8, 4) is 0 Å². The van der Waals surface area contributed by atoms with Crippen LogP contribution in [0.1, 0.15) is 35.2 Å². The number of sulfonamides is 1. The van der Waals surface area contributed by atoms with Crippen molar-refractivity contribution in [1.82, 2.24) is 9.62 Å². The van der Waals surface area contributed by atoms with Crippen molar-refractivity contribution in [3.05, 3.63) is 57.6 Å². The maximum absolute atomic E-state index is 13.0. The molecule has 0 spiro atoms. The summed E-state index contributed by atoms with van der Waals surface area (Å²) in [4.78, 5) is 15.7. The van der Waals surface area contributed by atoms with E-state index < -0.39 is 10.0 Å². The van der Waals surface area contributed by atoms with Crippen LogP contribution >= 0.6 is 46.7 Å². The minimum Gasteiger partial charge on any atom is -0.339 e. The van der Waals surface area contributed by atoms with Gasteiger partial charge < -0.3 is 4.90 Å². The zero-order chi connectivity index (χ0) is 23.1. The van der Waals surface area contributed by atoms with Crippen molar-refractivity contribution in [1.29, 1.82) is 0 Å². The van der Waals surface area contributed by atoms with Crippen molar-refractivity contribution >= 4 is 62.7 Å². The highest BCUT2D eigenvalue weighted by molar-refractivity contribution is 7.98. The number of carbonyl (C=O) groups excluding carboxylic acids is 1. The first-order chi connectivity index (χ1) is 15.3. The molecule has 1 aliphatic heterocycles. The summed E-state index contributed by atoms with van der Waals surface area (Å²) in [5.41, 5.74) is 1.48. The fraction of sp³-hybridized carbons (Fsp3) is 0.409. The molecule has 1 aliphatic rings. The van der Waals surface area contributed by atoms with Crippen LogP contribution < -0.4 is 4.72 Å². The summed E-state index contributed by atoms with van der Waals surface area (Å²) in [7, 11) is -3.71. The number of amides is 1. The van der Waals surface area contributed by atoms with Crippen LogP contribution in [0.3, 0.4) is 0 Å². The van der Waals surface area contributed by atoms with E-state index in [0.29, 0.717) is 27.1 Å². The lowest BCUT2D eigenvalue weighted by Gasteiger charge is -2.27. The lowest BCUT2D eigenvalue weighted by atomic mass is 10.1. The number of likely N-dealkylation sites (tertiary alicyclic amines) is 1. The molecule has 1 N–H and O–H groups in total. The van der Waals surface area contributed by atoms with Gasteiger partial charge in [-0.15, -0.1) is 11.8 Å². The van der Waals surface area contributed by atoms with Gasteiger partial charge in [0.2, 0.25) is 10.0 Å². The summed E-state index contributed by atoms with van der Waals surface area (Å²) in [6.45, 7) is 1.73. The summed E-state index contributed by atoms with van der Waals surface area (Å²) >= 11 is 15.0. The van der Waals surface area contributed by atoms with Crippen LogP contribution in [0.4, 0.5) is 0 Å². The molecular weight excluding hydrogens is 507 g/mol. The topological polar surface area (TPSA) is 66.5 Å². The predicted octanol–water partition coefficient (Wildman–Crippen LogP) is 5.55. The predicted molar refractivity (Wildman–Crippen MR) is 136 cm³/mol. The highest BCUT2D eigenvalue weighted by Crippen LogP contribution is 2.27. The van der Waals surface area contributed by atoms with Gasteiger partial charge in [-0.2, -0.15) is 11.8 Å². The van der Waals surface area contributed by atoms with E-state index >= 15 is 0 Å². The Hall–Kier alpha value is -0.900. The number of hydrogen-bond acceptors (Lipinski definition) is 5. The molecule has 10 heteroatoms. The lowest BCUT2D eigenvalue weighted by Crippen LogP contribution is -2.36. The fourth-order valence-corrected chi connectivity index (χ4v) is 6.32. The largest absolute Gasteiger partial charge is 0.339 e. The summed E-state index contributed by atoms with van der Waals surface area (Å²) in [6, 6.07) is 10.3. The molecule has 0 atom stereocenters. The Morgan fingerprint density at radius 2 is 1.81 bits per heavy atom. The van der Waals surface area contributed by atoms with E-state index in [4.69, 9.17) is 23.2 Å². The van der Waals surface area contributed by atoms with E-state index in [9.17, 15) is 13.2 Å². The van der Waals surface area contributed by atoms with Crippen molar-refractivity contribution in [2.45, 2.75) is 34.8 Å². The quantitative estimate of drug-likeness (QED) is 0.338. The van der Waals surface area contributed by atoms with Gasteiger partial charge in [-0.3, -0.25) is 4.79 Å². The number of nitrogens with zero attached hydrogens (tertiary/aromatic N) is 1. The first kappa shape index (κ1) is 25.7. The van der Waals surface area contributed by atoms with Crippen LogP contribution in [0.2, 0.25) is 10.0 Å². The third-order valence-electron chi connectivity index (χ3n) is 5.15. The summed E-state index contributed by atoms with van der Waals surface area (Å²) in [5, 5.41) is 1.02. The highest BCUT2D eigenvalue weighted by Gasteiger charge is 2.23. The van der Waals surface area contributed by atoms with Crippen molar-refractivity contribution in [2.75, 3.05) is 31.6 Å². The van der Waals surface area contributed by atoms with Crippen LogP contribution in [0.25, 0.3) is 0 Å². The molecule has 0 aliphatic carbocycles. The van der Waals surface area contributed by atoms with Crippen LogP contribution in [0.5, 0.6) is 0 Å². The van der Waals surface area contributed by atoms with Crippen LogP contribution in [-0.2, 0) is 15.8 Å². The zero-order valence-electron chi connectivity index (χ0n) is 17.8. The summed E-state index contributed by atoms with van der Waals surface area (Å²) in [5.74, 6) is 1.21. The summed E-state index contributed by atoms with van der Waals surface area (Å²) < 4.78 is 28.3. The average Bonchev–Trinajstić information content (AvgIpc) is 2.80. The molecule has 0 radical (unpaired) electrons. The van der Waals surface area contributed by atoms with Gasteiger partial charge >= 0.3 is 0 Å². The Morgan fingerprint density at radius 3 is 2.50 bits per heavy atom. The minimum atomic E-state index is -3.71. The van der Waals surface area contributed by atoms with Crippen molar-refractivity contribution < 1.29 is 13.2 Å². The molecule has 0 saturated carbocycles. The number of halogens is 2. The standard InChI is InChI=1S/C22H26Cl2N2O3S3/c1-30-21-8-6-17(14-18(21)22(27)26-10-3-2-4-11-26)32(28,29)25-9-12-31-15-16-5-7-19(23)20(24)13-16/h5-8,13-14,25H,2-4,9-12,15H2,1H3. The highest BCUT2D eigenvalue weighted by atomic mass is 35.5. The van der Waals surface area contributed by atoms with Gasteiger partial charge in [0.25, 0.3) is 5.91 Å². The molecule has 1 amide bonds. The number of benzene rings is 2. The lowest BCUT2D eigenvalue weighted by molar-refractivity contribution is 0.0720. The second kappa shape index (κ2) is 12.0. The number of carbonyl (C=O) groups is 1. The average molecular weight is 534 g/mol. The molecule has 2 aromatic carbocycles. The zero-order valence-corrected chi connectivity index (χ0v) is 21.7. The fourth-order valence-electron chi connectivity index (χ4n) is 3.44. The van der Waals surface area contributed by atoms with Gasteiger partial charge in [0.1, 0.15) is 0 Å². The second-order valence-electron chi connectivity index (χ2n) is 7.41. The first-order valence-corrected chi connectivity index (χ1v) is 14.9. The maximum atomic E-state index is 13.0. The molecule has 174 valence electrons. The number of nitrogens with one attached hydrogen (secondary N) is 1. The Bertz CT molecular complexity index is 1060. The van der Waals surface area contributed by atoms with Gasteiger partial charge in [0.15, 0.2) is 0 Å². The van der Waals surface area contributed by atoms with Gasteiger partial charge in [-0.05, 0) is 61.4 Å². The van der Waals surface area contributed by atoms with Crippen LogP contribution in [0.15, 0.2) is 46.2 Å². The molecule has 1 heterocycles. The normalized spacial score (nSPS) is 14.5. The smallest absolute Gasteiger partial charge is 0.255 e. The van der Waals surface area contributed by atoms with E-state index in [1.54, 1.807) is 30.0 Å². The number of piperidine rings is 1. The monoisotopic (exact) mass is 532 g/mol.